The highest BCUT2D eigenvalue weighted by molar-refractivity contribution is 5.94. The lowest BCUT2D eigenvalue weighted by Gasteiger charge is -2.29. The van der Waals surface area contributed by atoms with E-state index in [1.165, 1.54) is 0 Å². The molecule has 1 atom stereocenters. The monoisotopic (exact) mass is 320 g/mol. The number of nitrogens with zero attached hydrogens (tertiary/aromatic N) is 2. The predicted molar refractivity (Wildman–Crippen MR) is 84.6 cm³/mol. The fraction of sp³-hybridized carbons (Fsp3) is 0.647. The van der Waals surface area contributed by atoms with Gasteiger partial charge >= 0.3 is 0 Å². The molecule has 126 valence electrons. The molecule has 1 aromatic rings. The lowest BCUT2D eigenvalue weighted by Crippen LogP contribution is -2.41. The zero-order valence-electron chi connectivity index (χ0n) is 13.8. The Morgan fingerprint density at radius 1 is 1.43 bits per heavy atom. The Morgan fingerprint density at radius 2 is 2.30 bits per heavy atom. The lowest BCUT2D eigenvalue weighted by molar-refractivity contribution is -0.0156. The van der Waals surface area contributed by atoms with Crippen molar-refractivity contribution in [1.82, 2.24) is 9.88 Å². The molecule has 6 nitrogen and oxygen atoms in total. The van der Waals surface area contributed by atoms with E-state index in [0.29, 0.717) is 44.4 Å². The van der Waals surface area contributed by atoms with E-state index in [0.717, 1.165) is 12.8 Å². The molecule has 3 rings (SSSR count). The summed E-state index contributed by atoms with van der Waals surface area (Å²) in [5.74, 6) is 0.482. The SMILES string of the molecule is CC1(C)CN(C(=O)c2ccnc(OC3CCOC3)c2)CCCO1. The van der Waals surface area contributed by atoms with Crippen LogP contribution in [0.5, 0.6) is 5.88 Å². The summed E-state index contributed by atoms with van der Waals surface area (Å²) in [4.78, 5) is 18.8. The van der Waals surface area contributed by atoms with Crippen LogP contribution in [0, 0.1) is 0 Å². The zero-order chi connectivity index (χ0) is 16.3. The quantitative estimate of drug-likeness (QED) is 0.851. The van der Waals surface area contributed by atoms with Gasteiger partial charge in [0.05, 0.1) is 18.8 Å². The van der Waals surface area contributed by atoms with Gasteiger partial charge in [0.2, 0.25) is 5.88 Å². The molecule has 0 N–H and O–H groups in total. The Bertz CT molecular complexity index is 555. The summed E-state index contributed by atoms with van der Waals surface area (Å²) in [6.07, 6.45) is 3.36. The first-order valence-electron chi connectivity index (χ1n) is 8.17. The second-order valence-electron chi connectivity index (χ2n) is 6.67. The van der Waals surface area contributed by atoms with Crippen LogP contribution in [0.15, 0.2) is 18.3 Å². The summed E-state index contributed by atoms with van der Waals surface area (Å²) in [6.45, 7) is 7.30. The summed E-state index contributed by atoms with van der Waals surface area (Å²) >= 11 is 0. The Kier molecular flexibility index (Phi) is 4.82. The molecule has 0 radical (unpaired) electrons. The third kappa shape index (κ3) is 4.20. The van der Waals surface area contributed by atoms with Gasteiger partial charge in [-0.1, -0.05) is 0 Å². The van der Waals surface area contributed by atoms with Crippen LogP contribution in [0.25, 0.3) is 0 Å². The van der Waals surface area contributed by atoms with E-state index in [9.17, 15) is 4.79 Å². The molecule has 23 heavy (non-hydrogen) atoms. The van der Waals surface area contributed by atoms with Gasteiger partial charge in [-0.15, -0.1) is 0 Å². The number of pyridine rings is 1. The van der Waals surface area contributed by atoms with E-state index >= 15 is 0 Å². The summed E-state index contributed by atoms with van der Waals surface area (Å²) in [7, 11) is 0. The Balaban J connectivity index is 1.71. The third-order valence-corrected chi connectivity index (χ3v) is 4.08. The largest absolute Gasteiger partial charge is 0.472 e. The average molecular weight is 320 g/mol. The van der Waals surface area contributed by atoms with Gasteiger partial charge in [-0.25, -0.2) is 4.98 Å². The topological polar surface area (TPSA) is 60.9 Å². The van der Waals surface area contributed by atoms with Crippen molar-refractivity contribution in [2.45, 2.75) is 38.4 Å². The van der Waals surface area contributed by atoms with Crippen molar-refractivity contribution in [2.24, 2.45) is 0 Å². The number of amides is 1. The van der Waals surface area contributed by atoms with Gasteiger partial charge in [-0.05, 0) is 26.3 Å². The number of carbonyl (C=O) groups is 1. The summed E-state index contributed by atoms with van der Waals surface area (Å²) in [5, 5.41) is 0. The van der Waals surface area contributed by atoms with E-state index in [4.69, 9.17) is 14.2 Å². The smallest absolute Gasteiger partial charge is 0.254 e. The van der Waals surface area contributed by atoms with Gasteiger partial charge in [0, 0.05) is 43.9 Å². The fourth-order valence-corrected chi connectivity index (χ4v) is 2.93. The van der Waals surface area contributed by atoms with Crippen LogP contribution in [0.4, 0.5) is 0 Å². The van der Waals surface area contributed by atoms with Crippen LogP contribution in [-0.2, 0) is 9.47 Å². The molecule has 0 aliphatic carbocycles. The summed E-state index contributed by atoms with van der Waals surface area (Å²) in [5.41, 5.74) is 0.284. The molecule has 1 amide bonds. The molecule has 1 aromatic heterocycles. The molecule has 1 unspecified atom stereocenters. The highest BCUT2D eigenvalue weighted by Crippen LogP contribution is 2.20. The first kappa shape index (κ1) is 16.2. The van der Waals surface area contributed by atoms with Gasteiger partial charge in [-0.3, -0.25) is 4.79 Å². The molecule has 0 aromatic carbocycles. The van der Waals surface area contributed by atoms with Crippen LogP contribution in [0.3, 0.4) is 0 Å². The van der Waals surface area contributed by atoms with Crippen molar-refractivity contribution in [2.75, 3.05) is 32.9 Å². The maximum absolute atomic E-state index is 12.8. The second-order valence-corrected chi connectivity index (χ2v) is 6.67. The average Bonchev–Trinajstić information content (AvgIpc) is 2.95. The minimum atomic E-state index is -0.320. The van der Waals surface area contributed by atoms with Crippen molar-refractivity contribution in [3.05, 3.63) is 23.9 Å². The maximum Gasteiger partial charge on any atom is 0.254 e. The zero-order valence-corrected chi connectivity index (χ0v) is 13.8. The fourth-order valence-electron chi connectivity index (χ4n) is 2.93. The van der Waals surface area contributed by atoms with Gasteiger partial charge < -0.3 is 19.1 Å². The van der Waals surface area contributed by atoms with Crippen LogP contribution in [-0.4, -0.2) is 60.4 Å². The van der Waals surface area contributed by atoms with E-state index < -0.39 is 0 Å². The Morgan fingerprint density at radius 3 is 3.09 bits per heavy atom. The van der Waals surface area contributed by atoms with Crippen LogP contribution < -0.4 is 4.74 Å². The third-order valence-electron chi connectivity index (χ3n) is 4.08. The van der Waals surface area contributed by atoms with Crippen molar-refractivity contribution < 1.29 is 19.0 Å². The van der Waals surface area contributed by atoms with E-state index in [2.05, 4.69) is 4.98 Å². The van der Waals surface area contributed by atoms with Crippen molar-refractivity contribution in [1.29, 1.82) is 0 Å². The van der Waals surface area contributed by atoms with E-state index in [1.54, 1.807) is 18.3 Å². The summed E-state index contributed by atoms with van der Waals surface area (Å²) in [6, 6.07) is 3.46. The summed E-state index contributed by atoms with van der Waals surface area (Å²) < 4.78 is 16.9. The normalized spacial score (nSPS) is 24.3. The molecule has 3 heterocycles. The van der Waals surface area contributed by atoms with Gasteiger partial charge in [0.25, 0.3) is 5.91 Å². The number of aromatic nitrogens is 1. The minimum Gasteiger partial charge on any atom is -0.472 e. The number of hydrogen-bond acceptors (Lipinski definition) is 5. The minimum absolute atomic E-state index is 0.00139. The molecule has 2 aliphatic rings. The first-order chi connectivity index (χ1) is 11.0. The molecule has 6 heteroatoms. The van der Waals surface area contributed by atoms with Gasteiger partial charge in [0.15, 0.2) is 0 Å². The molecular weight excluding hydrogens is 296 g/mol. The van der Waals surface area contributed by atoms with E-state index in [-0.39, 0.29) is 17.6 Å². The Labute approximate surface area is 136 Å². The lowest BCUT2D eigenvalue weighted by atomic mass is 10.1. The maximum atomic E-state index is 12.8. The first-order valence-corrected chi connectivity index (χ1v) is 8.17. The van der Waals surface area contributed by atoms with Gasteiger partial charge in [0.1, 0.15) is 6.10 Å². The Hall–Kier alpha value is -1.66. The second kappa shape index (κ2) is 6.84. The molecule has 0 saturated carbocycles. The molecule has 0 spiro atoms. The van der Waals surface area contributed by atoms with Crippen molar-refractivity contribution in [3.63, 3.8) is 0 Å². The molecule has 2 saturated heterocycles. The van der Waals surface area contributed by atoms with Gasteiger partial charge in [-0.2, -0.15) is 0 Å². The van der Waals surface area contributed by atoms with Crippen molar-refractivity contribution in [3.8, 4) is 5.88 Å². The van der Waals surface area contributed by atoms with Crippen LogP contribution >= 0.6 is 0 Å². The molecular formula is C17H24N2O4. The number of carbonyl (C=O) groups excluding carboxylic acids is 1. The standard InChI is InChI=1S/C17H24N2O4/c1-17(2)12-19(7-3-8-22-17)16(20)13-4-6-18-15(10-13)23-14-5-9-21-11-14/h4,6,10,14H,3,5,7-9,11-12H2,1-2H3. The molecule has 2 fully saturated rings. The van der Waals surface area contributed by atoms with Crippen LogP contribution in [0.2, 0.25) is 0 Å². The van der Waals surface area contributed by atoms with Crippen molar-refractivity contribution >= 4 is 5.91 Å². The molecule has 2 aliphatic heterocycles. The number of rotatable bonds is 3. The number of ether oxygens (including phenoxy) is 3. The predicted octanol–water partition coefficient (Wildman–Crippen LogP) is 1.89. The highest BCUT2D eigenvalue weighted by Gasteiger charge is 2.29. The van der Waals surface area contributed by atoms with Crippen LogP contribution in [0.1, 0.15) is 37.0 Å². The molecule has 0 bridgehead atoms. The highest BCUT2D eigenvalue weighted by atomic mass is 16.5. The number of hydrogen-bond donors (Lipinski definition) is 0. The van der Waals surface area contributed by atoms with E-state index in [1.807, 2.05) is 18.7 Å².